The zero-order valence-electron chi connectivity index (χ0n) is 18.0. The Balaban J connectivity index is 1.55. The molecule has 0 bridgehead atoms. The van der Waals surface area contributed by atoms with Gasteiger partial charge in [-0.25, -0.2) is 18.4 Å². The molecular formula is C23H29N5O2S. The van der Waals surface area contributed by atoms with Crippen LogP contribution in [0.15, 0.2) is 77.1 Å². The van der Waals surface area contributed by atoms with Crippen molar-refractivity contribution in [3.05, 3.63) is 83.9 Å². The van der Waals surface area contributed by atoms with Crippen molar-refractivity contribution < 1.29 is 8.42 Å². The molecule has 31 heavy (non-hydrogen) atoms. The number of rotatable bonds is 9. The molecule has 0 saturated carbocycles. The number of nitrogens with one attached hydrogen (secondary N) is 2. The van der Waals surface area contributed by atoms with E-state index >= 15 is 0 Å². The van der Waals surface area contributed by atoms with Crippen LogP contribution in [-0.4, -0.2) is 43.3 Å². The van der Waals surface area contributed by atoms with Crippen molar-refractivity contribution in [2.45, 2.75) is 31.3 Å². The summed E-state index contributed by atoms with van der Waals surface area (Å²) in [5, 5.41) is 6.61. The predicted molar refractivity (Wildman–Crippen MR) is 124 cm³/mol. The minimum absolute atomic E-state index is 0.342. The summed E-state index contributed by atoms with van der Waals surface area (Å²) in [6.45, 7) is 4.87. The molecular weight excluding hydrogens is 410 g/mol. The molecule has 3 rings (SSSR count). The van der Waals surface area contributed by atoms with E-state index < -0.39 is 9.84 Å². The van der Waals surface area contributed by atoms with Crippen LogP contribution in [0, 0.1) is 0 Å². The first-order valence-electron chi connectivity index (χ1n) is 10.3. The maximum Gasteiger partial charge on any atom is 0.191 e. The summed E-state index contributed by atoms with van der Waals surface area (Å²) in [5.74, 6) is 0.760. The van der Waals surface area contributed by atoms with Crippen LogP contribution in [-0.2, 0) is 29.3 Å². The molecule has 0 aliphatic rings. The highest BCUT2D eigenvalue weighted by Gasteiger charge is 2.06. The molecule has 0 aliphatic carbocycles. The minimum Gasteiger partial charge on any atom is -0.357 e. The number of aromatic nitrogens is 2. The number of imidazole rings is 1. The van der Waals surface area contributed by atoms with Crippen LogP contribution >= 0.6 is 0 Å². The van der Waals surface area contributed by atoms with Gasteiger partial charge in [0.2, 0.25) is 0 Å². The molecule has 164 valence electrons. The van der Waals surface area contributed by atoms with Crippen molar-refractivity contribution in [2.24, 2.45) is 4.99 Å². The zero-order chi connectivity index (χ0) is 22.1. The molecule has 1 heterocycles. The van der Waals surface area contributed by atoms with E-state index in [0.29, 0.717) is 18.0 Å². The van der Waals surface area contributed by atoms with Crippen molar-refractivity contribution in [1.29, 1.82) is 0 Å². The Labute approximate surface area is 184 Å². The lowest BCUT2D eigenvalue weighted by Crippen LogP contribution is -2.38. The molecule has 2 aromatic carbocycles. The molecule has 0 spiro atoms. The van der Waals surface area contributed by atoms with Gasteiger partial charge in [-0.15, -0.1) is 0 Å². The lowest BCUT2D eigenvalue weighted by Gasteiger charge is -2.12. The van der Waals surface area contributed by atoms with Gasteiger partial charge >= 0.3 is 0 Å². The van der Waals surface area contributed by atoms with E-state index in [1.54, 1.807) is 18.3 Å². The van der Waals surface area contributed by atoms with Gasteiger partial charge in [-0.2, -0.15) is 0 Å². The average Bonchev–Trinajstić information content (AvgIpc) is 3.25. The second kappa shape index (κ2) is 10.8. The van der Waals surface area contributed by atoms with Gasteiger partial charge in [-0.3, -0.25) is 0 Å². The molecule has 0 saturated heterocycles. The van der Waals surface area contributed by atoms with E-state index in [0.717, 1.165) is 36.6 Å². The summed E-state index contributed by atoms with van der Waals surface area (Å²) in [4.78, 5) is 9.12. The van der Waals surface area contributed by atoms with Crippen LogP contribution in [0.2, 0.25) is 0 Å². The number of guanidine groups is 1. The summed E-state index contributed by atoms with van der Waals surface area (Å²) < 4.78 is 25.2. The first-order chi connectivity index (χ1) is 14.9. The molecule has 8 heteroatoms. The number of hydrogen-bond acceptors (Lipinski definition) is 4. The summed E-state index contributed by atoms with van der Waals surface area (Å²) in [7, 11) is -3.16. The smallest absolute Gasteiger partial charge is 0.191 e. The van der Waals surface area contributed by atoms with Gasteiger partial charge in [0.15, 0.2) is 15.8 Å². The van der Waals surface area contributed by atoms with Gasteiger partial charge in [0.25, 0.3) is 0 Å². The van der Waals surface area contributed by atoms with E-state index in [1.165, 1.54) is 11.8 Å². The normalized spacial score (nSPS) is 12.0. The molecule has 0 unspecified atom stereocenters. The van der Waals surface area contributed by atoms with E-state index in [1.807, 2.05) is 36.1 Å². The van der Waals surface area contributed by atoms with E-state index in [4.69, 9.17) is 4.99 Å². The summed E-state index contributed by atoms with van der Waals surface area (Å²) in [6.07, 6.45) is 7.53. The van der Waals surface area contributed by atoms with Crippen molar-refractivity contribution in [2.75, 3.05) is 19.3 Å². The fourth-order valence-electron chi connectivity index (χ4n) is 3.16. The Morgan fingerprint density at radius 2 is 1.84 bits per heavy atom. The molecule has 0 aliphatic heterocycles. The van der Waals surface area contributed by atoms with Crippen LogP contribution in [0.1, 0.15) is 23.6 Å². The summed E-state index contributed by atoms with van der Waals surface area (Å²) in [6, 6.07) is 15.4. The van der Waals surface area contributed by atoms with Crippen LogP contribution in [0.4, 0.5) is 0 Å². The summed E-state index contributed by atoms with van der Waals surface area (Å²) >= 11 is 0. The third-order valence-electron chi connectivity index (χ3n) is 4.74. The second-order valence-corrected chi connectivity index (χ2v) is 9.36. The number of nitrogens with zero attached hydrogens (tertiary/aromatic N) is 3. The average molecular weight is 440 g/mol. The van der Waals surface area contributed by atoms with E-state index in [-0.39, 0.29) is 0 Å². The van der Waals surface area contributed by atoms with Crippen molar-refractivity contribution in [3.63, 3.8) is 0 Å². The Morgan fingerprint density at radius 1 is 1.06 bits per heavy atom. The van der Waals surface area contributed by atoms with Crippen molar-refractivity contribution in [3.8, 4) is 0 Å². The molecule has 1 aromatic heterocycles. The number of hydrogen-bond donors (Lipinski definition) is 2. The second-order valence-electron chi connectivity index (χ2n) is 7.34. The highest BCUT2D eigenvalue weighted by Crippen LogP contribution is 2.11. The predicted octanol–water partition coefficient (Wildman–Crippen LogP) is 2.63. The molecule has 0 radical (unpaired) electrons. The number of benzene rings is 2. The molecule has 0 atom stereocenters. The standard InChI is InChI=1S/C23H29N5O2S/c1-3-25-23(26-12-11-19-7-9-22(10-8-19)31(2,29)30)27-16-20-5-4-6-21(15-20)17-28-14-13-24-18-28/h4-10,13-15,18H,3,11-12,16-17H2,1-2H3,(H2,25,26,27). The van der Waals surface area contributed by atoms with E-state index in [2.05, 4.69) is 39.9 Å². The van der Waals surface area contributed by atoms with Gasteiger partial charge in [-0.1, -0.05) is 36.4 Å². The fraction of sp³-hybridized carbons (Fsp3) is 0.304. The summed E-state index contributed by atoms with van der Waals surface area (Å²) in [5.41, 5.74) is 3.43. The topological polar surface area (TPSA) is 88.4 Å². The van der Waals surface area contributed by atoms with Crippen molar-refractivity contribution >= 4 is 15.8 Å². The monoisotopic (exact) mass is 439 g/mol. The first-order valence-corrected chi connectivity index (χ1v) is 12.2. The molecule has 3 aromatic rings. The number of sulfone groups is 1. The Kier molecular flexibility index (Phi) is 7.83. The maximum atomic E-state index is 11.6. The van der Waals surface area contributed by atoms with Crippen molar-refractivity contribution in [1.82, 2.24) is 20.2 Å². The van der Waals surface area contributed by atoms with Crippen LogP contribution in [0.25, 0.3) is 0 Å². The van der Waals surface area contributed by atoms with Gasteiger partial charge in [-0.05, 0) is 42.2 Å². The highest BCUT2D eigenvalue weighted by molar-refractivity contribution is 7.90. The van der Waals surface area contributed by atoms with Gasteiger partial charge in [0.05, 0.1) is 17.8 Å². The SMILES string of the molecule is CCNC(=NCc1cccc(Cn2ccnc2)c1)NCCc1ccc(S(C)(=O)=O)cc1. The quantitative estimate of drug-likeness (QED) is 0.395. The zero-order valence-corrected chi connectivity index (χ0v) is 18.8. The van der Waals surface area contributed by atoms with E-state index in [9.17, 15) is 8.42 Å². The van der Waals surface area contributed by atoms with Crippen LogP contribution in [0.5, 0.6) is 0 Å². The third-order valence-corrected chi connectivity index (χ3v) is 5.87. The molecule has 7 nitrogen and oxygen atoms in total. The molecule has 0 fully saturated rings. The van der Waals surface area contributed by atoms with Gasteiger partial charge < -0.3 is 15.2 Å². The lowest BCUT2D eigenvalue weighted by molar-refractivity contribution is 0.602. The first kappa shape index (κ1) is 22.6. The third kappa shape index (κ3) is 7.25. The minimum atomic E-state index is -3.16. The van der Waals surface area contributed by atoms with Gasteiger partial charge in [0.1, 0.15) is 0 Å². The van der Waals surface area contributed by atoms with Gasteiger partial charge in [0, 0.05) is 38.3 Å². The number of aliphatic imine (C=N–C) groups is 1. The Hall–Kier alpha value is -3.13. The van der Waals surface area contributed by atoms with Crippen LogP contribution in [0.3, 0.4) is 0 Å². The Bertz CT molecular complexity index is 1090. The Morgan fingerprint density at radius 3 is 2.52 bits per heavy atom. The maximum absolute atomic E-state index is 11.6. The lowest BCUT2D eigenvalue weighted by atomic mass is 10.1. The highest BCUT2D eigenvalue weighted by atomic mass is 32.2. The molecule has 0 amide bonds. The fourth-order valence-corrected chi connectivity index (χ4v) is 3.79. The van der Waals surface area contributed by atoms with Crippen LogP contribution < -0.4 is 10.6 Å². The molecule has 2 N–H and O–H groups in total. The largest absolute Gasteiger partial charge is 0.357 e.